The van der Waals surface area contributed by atoms with E-state index in [1.165, 1.54) is 54.8 Å². The Kier molecular flexibility index (Phi) is 8.87. The van der Waals surface area contributed by atoms with Gasteiger partial charge in [-0.1, -0.05) is 18.6 Å². The number of imide groups is 1. The highest BCUT2D eigenvalue weighted by molar-refractivity contribution is 7.92. The van der Waals surface area contributed by atoms with Crippen molar-refractivity contribution in [2.24, 2.45) is 0 Å². The molecule has 4 rings (SSSR count). The maximum Gasteiger partial charge on any atom is 0.414 e. The molecule has 2 aromatic carbocycles. The van der Waals surface area contributed by atoms with Gasteiger partial charge in [-0.3, -0.25) is 19.6 Å². The molecule has 1 aromatic heterocycles. The van der Waals surface area contributed by atoms with Crippen molar-refractivity contribution in [3.05, 3.63) is 70.1 Å². The number of methoxy groups -OCH3 is 1. The first-order valence-corrected chi connectivity index (χ1v) is 14.7. The lowest BCUT2D eigenvalue weighted by Gasteiger charge is -2.13. The SMILES string of the molecule is CCOC(=O)NC(=O)c1c(NC(=O)c2ccccc2NS(=O)(=O)c2ccc(OC)cc2)sc2c1CCCCC2. The maximum atomic E-state index is 13.4. The van der Waals surface area contributed by atoms with Crippen LogP contribution >= 0.6 is 11.3 Å². The Morgan fingerprint density at radius 3 is 2.38 bits per heavy atom. The number of thiophene rings is 1. The minimum Gasteiger partial charge on any atom is -0.497 e. The topological polar surface area (TPSA) is 140 Å². The Bertz CT molecular complexity index is 1480. The highest BCUT2D eigenvalue weighted by Crippen LogP contribution is 2.38. The zero-order valence-electron chi connectivity index (χ0n) is 21.5. The standard InChI is InChI=1S/C27H29N3O7S2/c1-3-37-27(33)29-25(32)23-20-10-5-4-6-12-22(20)38-26(23)28-24(31)19-9-7-8-11-21(19)30-39(34,35)18-15-13-17(36-2)14-16-18/h7-9,11,13-16,30H,3-6,10,12H2,1-2H3,(H,28,31)(H,29,32,33). The van der Waals surface area contributed by atoms with Crippen molar-refractivity contribution < 1.29 is 32.3 Å². The summed E-state index contributed by atoms with van der Waals surface area (Å²) < 4.78 is 38.5. The molecule has 39 heavy (non-hydrogen) atoms. The van der Waals surface area contributed by atoms with Crippen LogP contribution < -0.4 is 20.1 Å². The number of hydrogen-bond donors (Lipinski definition) is 3. The summed E-state index contributed by atoms with van der Waals surface area (Å²) in [6.45, 7) is 1.74. The fourth-order valence-corrected chi connectivity index (χ4v) is 6.65. The molecule has 0 atom stereocenters. The summed E-state index contributed by atoms with van der Waals surface area (Å²) in [4.78, 5) is 39.5. The number of benzene rings is 2. The van der Waals surface area contributed by atoms with Gasteiger partial charge in [0.2, 0.25) is 0 Å². The molecule has 0 unspecified atom stereocenters. The average molecular weight is 572 g/mol. The Labute approximate surface area is 230 Å². The molecule has 0 fully saturated rings. The summed E-state index contributed by atoms with van der Waals surface area (Å²) in [5.74, 6) is -0.757. The van der Waals surface area contributed by atoms with Crippen LogP contribution in [0.5, 0.6) is 5.75 Å². The number of anilines is 2. The number of carbonyl (C=O) groups excluding carboxylic acids is 3. The number of ether oxygens (including phenoxy) is 2. The third kappa shape index (κ3) is 6.58. The summed E-state index contributed by atoms with van der Waals surface area (Å²) in [7, 11) is -2.53. The maximum absolute atomic E-state index is 13.4. The van der Waals surface area contributed by atoms with E-state index >= 15 is 0 Å². The predicted molar refractivity (Wildman–Crippen MR) is 148 cm³/mol. The van der Waals surface area contributed by atoms with E-state index in [1.807, 2.05) is 0 Å². The van der Waals surface area contributed by atoms with Gasteiger partial charge in [0.1, 0.15) is 10.8 Å². The molecule has 1 aliphatic rings. The van der Waals surface area contributed by atoms with Crippen LogP contribution in [-0.4, -0.2) is 40.0 Å². The zero-order chi connectivity index (χ0) is 28.0. The zero-order valence-corrected chi connectivity index (χ0v) is 23.2. The second-order valence-corrected chi connectivity index (χ2v) is 11.5. The van der Waals surface area contributed by atoms with E-state index in [4.69, 9.17) is 9.47 Å². The third-order valence-electron chi connectivity index (χ3n) is 6.15. The van der Waals surface area contributed by atoms with Gasteiger partial charge in [0, 0.05) is 4.88 Å². The van der Waals surface area contributed by atoms with E-state index in [1.54, 1.807) is 19.1 Å². The van der Waals surface area contributed by atoms with Crippen molar-refractivity contribution in [1.29, 1.82) is 0 Å². The van der Waals surface area contributed by atoms with E-state index in [0.717, 1.165) is 36.1 Å². The Morgan fingerprint density at radius 1 is 0.949 bits per heavy atom. The van der Waals surface area contributed by atoms with E-state index < -0.39 is 27.9 Å². The molecule has 1 heterocycles. The van der Waals surface area contributed by atoms with E-state index in [9.17, 15) is 22.8 Å². The van der Waals surface area contributed by atoms with Crippen LogP contribution in [0.25, 0.3) is 0 Å². The average Bonchev–Trinajstić information content (AvgIpc) is 3.08. The number of carbonyl (C=O) groups is 3. The number of hydrogen-bond acceptors (Lipinski definition) is 8. The number of nitrogens with one attached hydrogen (secondary N) is 3. The quantitative estimate of drug-likeness (QED) is 0.325. The van der Waals surface area contributed by atoms with E-state index in [0.29, 0.717) is 17.2 Å². The van der Waals surface area contributed by atoms with Gasteiger partial charge in [0.05, 0.1) is 35.4 Å². The molecule has 0 saturated heterocycles. The molecule has 10 nitrogen and oxygen atoms in total. The number of para-hydroxylation sites is 1. The summed E-state index contributed by atoms with van der Waals surface area (Å²) >= 11 is 1.29. The van der Waals surface area contributed by atoms with Crippen LogP contribution in [0, 0.1) is 0 Å². The van der Waals surface area contributed by atoms with Crippen LogP contribution in [0.4, 0.5) is 15.5 Å². The molecule has 0 radical (unpaired) electrons. The summed E-state index contributed by atoms with van der Waals surface area (Å²) in [6, 6.07) is 12.0. The molecule has 1 aliphatic carbocycles. The number of fused-ring (bicyclic) bond motifs is 1. The molecule has 3 N–H and O–H groups in total. The molecular weight excluding hydrogens is 542 g/mol. The van der Waals surface area contributed by atoms with Gasteiger partial charge >= 0.3 is 6.09 Å². The van der Waals surface area contributed by atoms with Gasteiger partial charge in [0.15, 0.2) is 0 Å². The third-order valence-corrected chi connectivity index (χ3v) is 8.74. The van der Waals surface area contributed by atoms with Crippen LogP contribution in [0.15, 0.2) is 53.4 Å². The number of alkyl carbamates (subject to hydrolysis) is 1. The van der Waals surface area contributed by atoms with Gasteiger partial charge in [-0.25, -0.2) is 13.2 Å². The molecule has 0 spiro atoms. The van der Waals surface area contributed by atoms with Gasteiger partial charge in [0.25, 0.3) is 21.8 Å². The smallest absolute Gasteiger partial charge is 0.414 e. The number of aryl methyl sites for hydroxylation is 1. The summed E-state index contributed by atoms with van der Waals surface area (Å²) in [5, 5.41) is 5.31. The molecule has 0 bridgehead atoms. The summed E-state index contributed by atoms with van der Waals surface area (Å²) in [6.07, 6.45) is 3.39. The molecule has 12 heteroatoms. The lowest BCUT2D eigenvalue weighted by Crippen LogP contribution is -2.32. The Morgan fingerprint density at radius 2 is 1.67 bits per heavy atom. The number of amides is 3. The first kappa shape index (κ1) is 28.1. The normalized spacial score (nSPS) is 13.0. The van der Waals surface area contributed by atoms with Crippen LogP contribution in [0.2, 0.25) is 0 Å². The van der Waals surface area contributed by atoms with E-state index in [-0.39, 0.29) is 28.3 Å². The van der Waals surface area contributed by atoms with Gasteiger partial charge < -0.3 is 14.8 Å². The van der Waals surface area contributed by atoms with Gasteiger partial charge in [-0.15, -0.1) is 11.3 Å². The minimum atomic E-state index is -4.01. The highest BCUT2D eigenvalue weighted by Gasteiger charge is 2.28. The number of rotatable bonds is 8. The summed E-state index contributed by atoms with van der Waals surface area (Å²) in [5.41, 5.74) is 1.18. The van der Waals surface area contributed by atoms with Crippen molar-refractivity contribution in [1.82, 2.24) is 5.32 Å². The molecule has 3 aromatic rings. The molecule has 0 aliphatic heterocycles. The first-order valence-electron chi connectivity index (χ1n) is 12.4. The van der Waals surface area contributed by atoms with Crippen molar-refractivity contribution in [2.45, 2.75) is 43.9 Å². The second-order valence-electron chi connectivity index (χ2n) is 8.72. The van der Waals surface area contributed by atoms with Gasteiger partial charge in [-0.05, 0) is 74.6 Å². The largest absolute Gasteiger partial charge is 0.497 e. The minimum absolute atomic E-state index is 0.00145. The molecule has 206 valence electrons. The molecule has 3 amide bonds. The predicted octanol–water partition coefficient (Wildman–Crippen LogP) is 4.97. The number of sulfonamides is 1. The van der Waals surface area contributed by atoms with Gasteiger partial charge in [-0.2, -0.15) is 0 Å². The lowest BCUT2D eigenvalue weighted by atomic mass is 10.0. The highest BCUT2D eigenvalue weighted by atomic mass is 32.2. The Hall–Kier alpha value is -3.90. The van der Waals surface area contributed by atoms with Crippen molar-refractivity contribution >= 4 is 50.0 Å². The van der Waals surface area contributed by atoms with Crippen molar-refractivity contribution in [2.75, 3.05) is 23.8 Å². The van der Waals surface area contributed by atoms with Crippen molar-refractivity contribution in [3.8, 4) is 5.75 Å². The molecule has 0 saturated carbocycles. The van der Waals surface area contributed by atoms with Crippen LogP contribution in [0.1, 0.15) is 57.3 Å². The molecular formula is C27H29N3O7S2. The fourth-order valence-electron chi connectivity index (χ4n) is 4.29. The van der Waals surface area contributed by atoms with E-state index in [2.05, 4.69) is 15.4 Å². The second kappa shape index (κ2) is 12.3. The fraction of sp³-hybridized carbons (Fsp3) is 0.296. The Balaban J connectivity index is 1.63. The first-order chi connectivity index (χ1) is 18.7. The van der Waals surface area contributed by atoms with Crippen molar-refractivity contribution in [3.63, 3.8) is 0 Å². The monoisotopic (exact) mass is 571 g/mol. The van der Waals surface area contributed by atoms with Crippen LogP contribution in [-0.2, 0) is 27.6 Å². The van der Waals surface area contributed by atoms with Crippen LogP contribution in [0.3, 0.4) is 0 Å². The lowest BCUT2D eigenvalue weighted by molar-refractivity contribution is 0.0925.